The number of halogens is 1. The van der Waals surface area contributed by atoms with Gasteiger partial charge < -0.3 is 10.1 Å². The molecule has 0 saturated carbocycles. The molecule has 1 unspecified atom stereocenters. The number of fused-ring (bicyclic) bond motifs is 1. The van der Waals surface area contributed by atoms with Gasteiger partial charge in [0.25, 0.3) is 5.91 Å². The highest BCUT2D eigenvalue weighted by Gasteiger charge is 2.32. The minimum Gasteiger partial charge on any atom is -0.497 e. The molecule has 30 heavy (non-hydrogen) atoms. The fraction of sp³-hybridized carbons (Fsp3) is 0.227. The Morgan fingerprint density at radius 1 is 1.20 bits per heavy atom. The number of benzene rings is 2. The zero-order valence-electron chi connectivity index (χ0n) is 16.3. The average Bonchev–Trinajstić information content (AvgIpc) is 3.33. The van der Waals surface area contributed by atoms with Gasteiger partial charge in [0.15, 0.2) is 5.13 Å². The number of aromatic nitrogens is 1. The van der Waals surface area contributed by atoms with Crippen LogP contribution in [0.4, 0.5) is 5.13 Å². The van der Waals surface area contributed by atoms with Crippen molar-refractivity contribution in [2.24, 2.45) is 0 Å². The number of methoxy groups -OCH3 is 1. The van der Waals surface area contributed by atoms with Crippen LogP contribution < -0.4 is 15.4 Å². The highest BCUT2D eigenvalue weighted by molar-refractivity contribution is 7.16. The number of anilines is 1. The summed E-state index contributed by atoms with van der Waals surface area (Å²) >= 11 is 7.58. The summed E-state index contributed by atoms with van der Waals surface area (Å²) in [6.07, 6.45) is 1.49. The van der Waals surface area contributed by atoms with Crippen LogP contribution >= 0.6 is 22.9 Å². The topological polar surface area (TPSA) is 80.3 Å². The van der Waals surface area contributed by atoms with Gasteiger partial charge in [0.2, 0.25) is 5.91 Å². The molecule has 0 fully saturated rings. The number of thiazole rings is 1. The Labute approximate surface area is 183 Å². The second-order valence-electron chi connectivity index (χ2n) is 6.91. The van der Waals surface area contributed by atoms with Crippen LogP contribution in [-0.4, -0.2) is 23.9 Å². The van der Waals surface area contributed by atoms with E-state index in [1.807, 2.05) is 18.2 Å². The van der Waals surface area contributed by atoms with Gasteiger partial charge in [0.1, 0.15) is 5.75 Å². The fourth-order valence-corrected chi connectivity index (χ4v) is 4.63. The van der Waals surface area contributed by atoms with E-state index in [0.29, 0.717) is 28.0 Å². The highest BCUT2D eigenvalue weighted by Crippen LogP contribution is 2.38. The van der Waals surface area contributed by atoms with Crippen molar-refractivity contribution in [3.63, 3.8) is 0 Å². The van der Waals surface area contributed by atoms with Gasteiger partial charge in [-0.05, 0) is 48.7 Å². The average molecular weight is 442 g/mol. The third kappa shape index (κ3) is 4.32. The van der Waals surface area contributed by atoms with Crippen molar-refractivity contribution in [1.29, 1.82) is 0 Å². The number of nitrogens with one attached hydrogen (secondary N) is 2. The predicted octanol–water partition coefficient (Wildman–Crippen LogP) is 4.40. The summed E-state index contributed by atoms with van der Waals surface area (Å²) in [7, 11) is 1.58. The number of carbonyl (C=O) groups is 2. The lowest BCUT2D eigenvalue weighted by atomic mass is 10.1. The number of nitrogens with zero attached hydrogens (tertiary/aromatic N) is 1. The molecule has 2 amide bonds. The molecule has 0 aliphatic heterocycles. The van der Waals surface area contributed by atoms with Crippen LogP contribution in [-0.2, 0) is 17.8 Å². The summed E-state index contributed by atoms with van der Waals surface area (Å²) in [5, 5.41) is 6.91. The molecule has 0 saturated heterocycles. The zero-order chi connectivity index (χ0) is 21.1. The van der Waals surface area contributed by atoms with E-state index in [1.54, 1.807) is 37.4 Å². The van der Waals surface area contributed by atoms with E-state index in [4.69, 9.17) is 16.3 Å². The van der Waals surface area contributed by atoms with Crippen LogP contribution in [0.15, 0.2) is 48.5 Å². The first kappa shape index (κ1) is 20.4. The number of ether oxygens (including phenoxy) is 1. The molecule has 4 rings (SSSR count). The van der Waals surface area contributed by atoms with Crippen molar-refractivity contribution in [2.45, 2.75) is 25.3 Å². The summed E-state index contributed by atoms with van der Waals surface area (Å²) < 4.78 is 5.11. The quantitative estimate of drug-likeness (QED) is 0.594. The molecule has 1 aliphatic carbocycles. The van der Waals surface area contributed by atoms with Gasteiger partial charge in [0.05, 0.1) is 18.7 Å². The number of amides is 2. The number of rotatable bonds is 6. The number of hydrogen-bond acceptors (Lipinski definition) is 5. The molecule has 2 N–H and O–H groups in total. The standard InChI is InChI=1S/C22H20ClN3O3S/c1-29-15-8-6-13(7-9-15)20(27)26-22-25-19-16(10-11-18(19)30-22)21(28)24-12-14-4-2-3-5-17(14)23/h2-9,16H,10-12H2,1H3,(H,24,28)(H,25,26,27). The largest absolute Gasteiger partial charge is 0.497 e. The lowest BCUT2D eigenvalue weighted by Gasteiger charge is -2.11. The maximum atomic E-state index is 12.7. The second kappa shape index (κ2) is 8.85. The minimum atomic E-state index is -0.314. The molecule has 1 heterocycles. The van der Waals surface area contributed by atoms with E-state index in [-0.39, 0.29) is 17.7 Å². The van der Waals surface area contributed by atoms with E-state index in [9.17, 15) is 9.59 Å². The van der Waals surface area contributed by atoms with Gasteiger partial charge in [-0.1, -0.05) is 29.8 Å². The number of aryl methyl sites for hydroxylation is 1. The predicted molar refractivity (Wildman–Crippen MR) is 117 cm³/mol. The Kier molecular flexibility index (Phi) is 6.01. The molecular formula is C22H20ClN3O3S. The third-order valence-corrected chi connectivity index (χ3v) is 6.43. The van der Waals surface area contributed by atoms with Gasteiger partial charge in [-0.3, -0.25) is 14.9 Å². The maximum Gasteiger partial charge on any atom is 0.257 e. The van der Waals surface area contributed by atoms with Crippen molar-refractivity contribution in [1.82, 2.24) is 10.3 Å². The molecule has 2 aromatic carbocycles. The normalized spacial score (nSPS) is 14.8. The van der Waals surface area contributed by atoms with Crippen molar-refractivity contribution in [3.05, 3.63) is 75.3 Å². The smallest absolute Gasteiger partial charge is 0.257 e. The molecule has 1 aliphatic rings. The van der Waals surface area contributed by atoms with Gasteiger partial charge >= 0.3 is 0 Å². The van der Waals surface area contributed by atoms with Gasteiger partial charge in [-0.2, -0.15) is 0 Å². The summed E-state index contributed by atoms with van der Waals surface area (Å²) in [5.41, 5.74) is 2.14. The summed E-state index contributed by atoms with van der Waals surface area (Å²) in [5.74, 6) is 0.0487. The molecule has 154 valence electrons. The fourth-order valence-electron chi connectivity index (χ4n) is 3.39. The Hall–Kier alpha value is -2.90. The Balaban J connectivity index is 1.40. The molecule has 8 heteroatoms. The van der Waals surface area contributed by atoms with Crippen LogP contribution in [0, 0.1) is 0 Å². The van der Waals surface area contributed by atoms with Gasteiger partial charge in [0, 0.05) is 22.0 Å². The summed E-state index contributed by atoms with van der Waals surface area (Å²) in [6, 6.07) is 14.3. The SMILES string of the molecule is COc1ccc(C(=O)Nc2nc3c(s2)CCC3C(=O)NCc2ccccc2Cl)cc1. The van der Waals surface area contributed by atoms with E-state index >= 15 is 0 Å². The van der Waals surface area contributed by atoms with E-state index in [1.165, 1.54) is 11.3 Å². The first-order valence-corrected chi connectivity index (χ1v) is 10.7. The first-order valence-electron chi connectivity index (χ1n) is 9.51. The Morgan fingerprint density at radius 3 is 2.70 bits per heavy atom. The van der Waals surface area contributed by atoms with Crippen molar-refractivity contribution >= 4 is 39.9 Å². The van der Waals surface area contributed by atoms with Crippen LogP contribution in [0.5, 0.6) is 5.75 Å². The van der Waals surface area contributed by atoms with E-state index < -0.39 is 0 Å². The molecule has 0 spiro atoms. The lowest BCUT2D eigenvalue weighted by molar-refractivity contribution is -0.122. The van der Waals surface area contributed by atoms with Crippen LogP contribution in [0.1, 0.15) is 38.8 Å². The molecule has 1 atom stereocenters. The molecular weight excluding hydrogens is 422 g/mol. The molecule has 0 radical (unpaired) electrons. The molecule has 1 aromatic heterocycles. The van der Waals surface area contributed by atoms with Gasteiger partial charge in [-0.15, -0.1) is 11.3 Å². The monoisotopic (exact) mass is 441 g/mol. The summed E-state index contributed by atoms with van der Waals surface area (Å²) in [4.78, 5) is 30.8. The lowest BCUT2D eigenvalue weighted by Crippen LogP contribution is -2.28. The van der Waals surface area contributed by atoms with Gasteiger partial charge in [-0.25, -0.2) is 4.98 Å². The van der Waals surface area contributed by atoms with Crippen LogP contribution in [0.3, 0.4) is 0 Å². The maximum absolute atomic E-state index is 12.7. The highest BCUT2D eigenvalue weighted by atomic mass is 35.5. The second-order valence-corrected chi connectivity index (χ2v) is 8.40. The van der Waals surface area contributed by atoms with E-state index in [2.05, 4.69) is 15.6 Å². The Bertz CT molecular complexity index is 1080. The Morgan fingerprint density at radius 2 is 1.97 bits per heavy atom. The molecule has 3 aromatic rings. The van der Waals surface area contributed by atoms with Crippen LogP contribution in [0.2, 0.25) is 5.02 Å². The zero-order valence-corrected chi connectivity index (χ0v) is 17.8. The van der Waals surface area contributed by atoms with E-state index in [0.717, 1.165) is 29.0 Å². The first-order chi connectivity index (χ1) is 14.5. The number of carbonyl (C=O) groups excluding carboxylic acids is 2. The number of hydrogen-bond donors (Lipinski definition) is 2. The molecule has 0 bridgehead atoms. The van der Waals surface area contributed by atoms with Crippen molar-refractivity contribution in [3.8, 4) is 5.75 Å². The minimum absolute atomic E-state index is 0.0769. The van der Waals surface area contributed by atoms with Crippen LogP contribution in [0.25, 0.3) is 0 Å². The van der Waals surface area contributed by atoms with Crippen molar-refractivity contribution < 1.29 is 14.3 Å². The third-order valence-electron chi connectivity index (χ3n) is 5.02. The summed E-state index contributed by atoms with van der Waals surface area (Å²) in [6.45, 7) is 0.371. The molecule has 6 nitrogen and oxygen atoms in total. The van der Waals surface area contributed by atoms with Crippen molar-refractivity contribution in [2.75, 3.05) is 12.4 Å².